The number of hydrogen-bond donors (Lipinski definition) is 1. The molecule has 0 atom stereocenters. The van der Waals surface area contributed by atoms with E-state index in [1.807, 2.05) is 24.3 Å². The molecular formula is C24H19N. The minimum absolute atomic E-state index is 1.09. The van der Waals surface area contributed by atoms with E-state index in [0.717, 1.165) is 11.4 Å². The van der Waals surface area contributed by atoms with Crippen molar-refractivity contribution in [1.29, 1.82) is 0 Å². The van der Waals surface area contributed by atoms with E-state index in [2.05, 4.69) is 90.3 Å². The Morgan fingerprint density at radius 2 is 1.24 bits per heavy atom. The van der Waals surface area contributed by atoms with Crippen LogP contribution in [-0.2, 0) is 0 Å². The Hall–Kier alpha value is -3.32. The summed E-state index contributed by atoms with van der Waals surface area (Å²) in [5, 5.41) is 6.06. The molecule has 0 bridgehead atoms. The first-order valence-corrected chi connectivity index (χ1v) is 8.47. The molecule has 0 saturated heterocycles. The third kappa shape index (κ3) is 3.46. The van der Waals surface area contributed by atoms with Crippen molar-refractivity contribution in [3.8, 4) is 0 Å². The third-order valence-corrected chi connectivity index (χ3v) is 4.26. The third-order valence-electron chi connectivity index (χ3n) is 4.26. The lowest BCUT2D eigenvalue weighted by Gasteiger charge is -2.13. The van der Waals surface area contributed by atoms with Crippen LogP contribution in [0, 0.1) is 0 Å². The Balaban J connectivity index is 1.80. The molecule has 0 saturated carbocycles. The summed E-state index contributed by atoms with van der Waals surface area (Å²) in [6.45, 7) is 0. The predicted molar refractivity (Wildman–Crippen MR) is 109 cm³/mol. The summed E-state index contributed by atoms with van der Waals surface area (Å²) in [4.78, 5) is 0. The maximum Gasteiger partial charge on any atom is 0.0537 e. The highest BCUT2D eigenvalue weighted by Crippen LogP contribution is 2.31. The molecule has 0 fully saturated rings. The van der Waals surface area contributed by atoms with Gasteiger partial charge in [-0.1, -0.05) is 97.1 Å². The van der Waals surface area contributed by atoms with Crippen LogP contribution in [0.2, 0.25) is 0 Å². The molecule has 0 spiro atoms. The summed E-state index contributed by atoms with van der Waals surface area (Å²) >= 11 is 0. The number of hydrogen-bond acceptors (Lipinski definition) is 1. The maximum absolute atomic E-state index is 3.60. The zero-order valence-electron chi connectivity index (χ0n) is 13.9. The van der Waals surface area contributed by atoms with Gasteiger partial charge in [-0.05, 0) is 28.6 Å². The summed E-state index contributed by atoms with van der Waals surface area (Å²) in [5.74, 6) is 0. The molecule has 1 nitrogen and oxygen atoms in total. The van der Waals surface area contributed by atoms with Gasteiger partial charge >= 0.3 is 0 Å². The zero-order valence-corrected chi connectivity index (χ0v) is 13.9. The van der Waals surface area contributed by atoms with Gasteiger partial charge in [-0.3, -0.25) is 0 Å². The molecule has 0 unspecified atom stereocenters. The van der Waals surface area contributed by atoms with Crippen LogP contribution in [0.5, 0.6) is 0 Å². The van der Waals surface area contributed by atoms with E-state index < -0.39 is 0 Å². The Labute approximate surface area is 148 Å². The van der Waals surface area contributed by atoms with Gasteiger partial charge in [0.25, 0.3) is 0 Å². The number of benzene rings is 4. The highest BCUT2D eigenvalue weighted by atomic mass is 14.9. The number of anilines is 2. The summed E-state index contributed by atoms with van der Waals surface area (Å²) in [5.41, 5.74) is 4.59. The molecule has 0 aliphatic heterocycles. The first-order valence-electron chi connectivity index (χ1n) is 8.47. The van der Waals surface area contributed by atoms with Crippen LogP contribution in [0.4, 0.5) is 11.4 Å². The quantitative estimate of drug-likeness (QED) is 0.410. The zero-order chi connectivity index (χ0) is 16.9. The van der Waals surface area contributed by atoms with Gasteiger partial charge < -0.3 is 5.32 Å². The fraction of sp³-hybridized carbons (Fsp3) is 0. The molecular weight excluding hydrogens is 302 g/mol. The van der Waals surface area contributed by atoms with Gasteiger partial charge in [0, 0.05) is 11.1 Å². The smallest absolute Gasteiger partial charge is 0.0537 e. The average molecular weight is 321 g/mol. The second-order valence-corrected chi connectivity index (χ2v) is 5.99. The van der Waals surface area contributed by atoms with Gasteiger partial charge in [-0.15, -0.1) is 0 Å². The van der Waals surface area contributed by atoms with E-state index in [0.29, 0.717) is 0 Å². The molecule has 1 N–H and O–H groups in total. The highest BCUT2D eigenvalue weighted by molar-refractivity contribution is 6.00. The van der Waals surface area contributed by atoms with Gasteiger partial charge in [-0.25, -0.2) is 0 Å². The molecule has 0 aromatic heterocycles. The van der Waals surface area contributed by atoms with Crippen molar-refractivity contribution in [2.45, 2.75) is 0 Å². The molecule has 4 aromatic carbocycles. The second-order valence-electron chi connectivity index (χ2n) is 5.99. The molecule has 0 aliphatic rings. The van der Waals surface area contributed by atoms with E-state index in [-0.39, 0.29) is 0 Å². The molecule has 0 radical (unpaired) electrons. The summed E-state index contributed by atoms with van der Waals surface area (Å²) in [6.07, 6.45) is 4.33. The Kier molecular flexibility index (Phi) is 4.30. The van der Waals surface area contributed by atoms with E-state index in [1.165, 1.54) is 21.9 Å². The van der Waals surface area contributed by atoms with Gasteiger partial charge in [0.15, 0.2) is 0 Å². The average Bonchev–Trinajstić information content (AvgIpc) is 2.69. The van der Waals surface area contributed by atoms with Crippen molar-refractivity contribution in [1.82, 2.24) is 0 Å². The minimum Gasteiger partial charge on any atom is -0.355 e. The number of nitrogens with one attached hydrogen (secondary N) is 1. The molecule has 0 amide bonds. The fourth-order valence-electron chi connectivity index (χ4n) is 2.98. The first-order chi connectivity index (χ1) is 12.4. The molecule has 0 aliphatic carbocycles. The van der Waals surface area contributed by atoms with Crippen LogP contribution in [0.15, 0.2) is 97.1 Å². The number of rotatable bonds is 4. The first kappa shape index (κ1) is 15.2. The van der Waals surface area contributed by atoms with E-state index in [1.54, 1.807) is 0 Å². The van der Waals surface area contributed by atoms with E-state index in [9.17, 15) is 0 Å². The highest BCUT2D eigenvalue weighted by Gasteiger charge is 2.06. The van der Waals surface area contributed by atoms with Crippen LogP contribution in [0.25, 0.3) is 22.9 Å². The molecule has 4 rings (SSSR count). The van der Waals surface area contributed by atoms with Gasteiger partial charge in [0.05, 0.1) is 5.69 Å². The Morgan fingerprint density at radius 3 is 2.04 bits per heavy atom. The Bertz CT molecular complexity index is 1000. The van der Waals surface area contributed by atoms with Gasteiger partial charge in [-0.2, -0.15) is 0 Å². The molecule has 25 heavy (non-hydrogen) atoms. The van der Waals surface area contributed by atoms with Gasteiger partial charge in [0.2, 0.25) is 0 Å². The lowest BCUT2D eigenvalue weighted by molar-refractivity contribution is 1.56. The SMILES string of the molecule is C(=Cc1ccc2ccccc2c1Nc1ccccc1)c1ccccc1. The largest absolute Gasteiger partial charge is 0.355 e. The lowest BCUT2D eigenvalue weighted by atomic mass is 10.0. The molecule has 1 heteroatoms. The standard InChI is InChI=1S/C24H19N/c1-3-9-19(10-4-1)15-16-21-18-17-20-11-7-8-14-23(20)24(21)25-22-12-5-2-6-13-22/h1-18,25H. The number of para-hydroxylation sites is 1. The van der Waals surface area contributed by atoms with Crippen LogP contribution < -0.4 is 5.32 Å². The van der Waals surface area contributed by atoms with Crippen LogP contribution >= 0.6 is 0 Å². The molecule has 0 heterocycles. The van der Waals surface area contributed by atoms with Crippen LogP contribution in [-0.4, -0.2) is 0 Å². The summed E-state index contributed by atoms with van der Waals surface area (Å²) < 4.78 is 0. The van der Waals surface area contributed by atoms with E-state index >= 15 is 0 Å². The summed E-state index contributed by atoms with van der Waals surface area (Å²) in [6, 6.07) is 33.5. The van der Waals surface area contributed by atoms with Crippen molar-refractivity contribution in [2.24, 2.45) is 0 Å². The van der Waals surface area contributed by atoms with Crippen molar-refractivity contribution < 1.29 is 0 Å². The monoisotopic (exact) mass is 321 g/mol. The van der Waals surface area contributed by atoms with Crippen molar-refractivity contribution in [3.05, 3.63) is 108 Å². The molecule has 120 valence electrons. The normalized spacial score (nSPS) is 11.0. The fourth-order valence-corrected chi connectivity index (χ4v) is 2.98. The lowest BCUT2D eigenvalue weighted by Crippen LogP contribution is -1.94. The van der Waals surface area contributed by atoms with Gasteiger partial charge in [0.1, 0.15) is 0 Å². The molecule has 4 aromatic rings. The Morgan fingerprint density at radius 1 is 0.560 bits per heavy atom. The maximum atomic E-state index is 3.60. The van der Waals surface area contributed by atoms with E-state index in [4.69, 9.17) is 0 Å². The number of fused-ring (bicyclic) bond motifs is 1. The summed E-state index contributed by atoms with van der Waals surface area (Å²) in [7, 11) is 0. The van der Waals surface area contributed by atoms with Crippen LogP contribution in [0.1, 0.15) is 11.1 Å². The topological polar surface area (TPSA) is 12.0 Å². The van der Waals surface area contributed by atoms with Crippen LogP contribution in [0.3, 0.4) is 0 Å². The second kappa shape index (κ2) is 7.06. The van der Waals surface area contributed by atoms with Crippen molar-refractivity contribution >= 4 is 34.3 Å². The predicted octanol–water partition coefficient (Wildman–Crippen LogP) is 6.75. The minimum atomic E-state index is 1.09. The van der Waals surface area contributed by atoms with Crippen molar-refractivity contribution in [3.63, 3.8) is 0 Å². The van der Waals surface area contributed by atoms with Crippen molar-refractivity contribution in [2.75, 3.05) is 5.32 Å².